The minimum atomic E-state index is -3.78. The van der Waals surface area contributed by atoms with E-state index in [2.05, 4.69) is 10.0 Å². The van der Waals surface area contributed by atoms with Gasteiger partial charge in [-0.3, -0.25) is 9.59 Å². The Labute approximate surface area is 174 Å². The van der Waals surface area contributed by atoms with Crippen molar-refractivity contribution in [1.82, 2.24) is 4.72 Å². The van der Waals surface area contributed by atoms with Crippen LogP contribution in [0.4, 0.5) is 10.1 Å². The number of benzene rings is 2. The molecule has 0 atom stereocenters. The molecule has 1 amide bonds. The molecule has 0 saturated heterocycles. The van der Waals surface area contributed by atoms with Gasteiger partial charge in [0.05, 0.1) is 24.5 Å². The van der Waals surface area contributed by atoms with Crippen molar-refractivity contribution in [2.75, 3.05) is 25.1 Å². The quantitative estimate of drug-likeness (QED) is 0.412. The molecular weight excluding hydrogens is 415 g/mol. The van der Waals surface area contributed by atoms with E-state index in [-0.39, 0.29) is 36.2 Å². The van der Waals surface area contributed by atoms with Crippen LogP contribution in [0, 0.1) is 5.82 Å². The summed E-state index contributed by atoms with van der Waals surface area (Å²) in [7, 11) is -3.78. The highest BCUT2D eigenvalue weighted by Crippen LogP contribution is 2.14. The zero-order valence-corrected chi connectivity index (χ0v) is 17.2. The lowest BCUT2D eigenvalue weighted by Gasteiger charge is -2.09. The number of nitrogens with one attached hydrogen (secondary N) is 2. The number of carbonyl (C=O) groups excluding carboxylic acids is 2. The second-order valence-corrected chi connectivity index (χ2v) is 8.00. The second kappa shape index (κ2) is 11.3. The summed E-state index contributed by atoms with van der Waals surface area (Å²) in [5.41, 5.74) is 0.480. The van der Waals surface area contributed by atoms with E-state index < -0.39 is 16.0 Å². The summed E-state index contributed by atoms with van der Waals surface area (Å²) in [6, 6.07) is 11.2. The van der Waals surface area contributed by atoms with E-state index in [4.69, 9.17) is 9.47 Å². The van der Waals surface area contributed by atoms with Gasteiger partial charge in [0.2, 0.25) is 15.9 Å². The van der Waals surface area contributed by atoms with Crippen LogP contribution in [0.1, 0.15) is 19.8 Å². The fourth-order valence-electron chi connectivity index (χ4n) is 2.33. The first-order valence-electron chi connectivity index (χ1n) is 9.17. The van der Waals surface area contributed by atoms with Crippen LogP contribution in [0.2, 0.25) is 0 Å². The number of hydrogen-bond donors (Lipinski definition) is 2. The highest BCUT2D eigenvalue weighted by atomic mass is 32.2. The lowest BCUT2D eigenvalue weighted by atomic mass is 10.3. The first-order valence-corrected chi connectivity index (χ1v) is 10.7. The van der Waals surface area contributed by atoms with Crippen molar-refractivity contribution >= 4 is 27.6 Å². The molecule has 10 heteroatoms. The lowest BCUT2D eigenvalue weighted by molar-refractivity contribution is -0.143. The van der Waals surface area contributed by atoms with Crippen LogP contribution < -0.4 is 14.8 Å². The van der Waals surface area contributed by atoms with Gasteiger partial charge >= 0.3 is 5.97 Å². The standard InChI is InChI=1S/C20H23FN2O6S/c1-15(24)23-17-5-9-19(10-6-17)30(26,27)22-12-11-20(25)29-14-2-13-28-18-7-3-16(21)4-8-18/h3-10,22H,2,11-14H2,1H3,(H,23,24). The number of esters is 1. The van der Waals surface area contributed by atoms with Crippen molar-refractivity contribution in [3.05, 3.63) is 54.3 Å². The van der Waals surface area contributed by atoms with E-state index in [0.29, 0.717) is 24.5 Å². The largest absolute Gasteiger partial charge is 0.493 e. The molecule has 0 saturated carbocycles. The van der Waals surface area contributed by atoms with Crippen LogP contribution in [-0.2, 0) is 24.3 Å². The van der Waals surface area contributed by atoms with Gasteiger partial charge in [-0.25, -0.2) is 17.5 Å². The number of halogens is 1. The van der Waals surface area contributed by atoms with E-state index in [1.54, 1.807) is 0 Å². The van der Waals surface area contributed by atoms with Crippen LogP contribution in [0.5, 0.6) is 5.75 Å². The predicted octanol–water partition coefficient (Wildman–Crippen LogP) is 2.46. The van der Waals surface area contributed by atoms with Crippen LogP contribution >= 0.6 is 0 Å². The van der Waals surface area contributed by atoms with Crippen molar-refractivity contribution in [2.45, 2.75) is 24.7 Å². The molecule has 162 valence electrons. The van der Waals surface area contributed by atoms with Gasteiger partial charge in [-0.2, -0.15) is 0 Å². The molecule has 2 aromatic rings. The first kappa shape index (κ1) is 23.3. The average molecular weight is 438 g/mol. The SMILES string of the molecule is CC(=O)Nc1ccc(S(=O)(=O)NCCC(=O)OCCCOc2ccc(F)cc2)cc1. The van der Waals surface area contributed by atoms with Gasteiger partial charge in [0.25, 0.3) is 0 Å². The van der Waals surface area contributed by atoms with Gasteiger partial charge in [0, 0.05) is 25.6 Å². The molecule has 2 aromatic carbocycles. The van der Waals surface area contributed by atoms with Gasteiger partial charge in [-0.1, -0.05) is 0 Å². The van der Waals surface area contributed by atoms with E-state index in [0.717, 1.165) is 0 Å². The predicted molar refractivity (Wildman–Crippen MR) is 108 cm³/mol. The smallest absolute Gasteiger partial charge is 0.307 e. The minimum Gasteiger partial charge on any atom is -0.493 e. The van der Waals surface area contributed by atoms with E-state index >= 15 is 0 Å². The molecule has 0 aliphatic carbocycles. The van der Waals surface area contributed by atoms with Crippen molar-refractivity contribution in [3.8, 4) is 5.75 Å². The molecule has 0 spiro atoms. The maximum atomic E-state index is 12.8. The summed E-state index contributed by atoms with van der Waals surface area (Å²) >= 11 is 0. The Morgan fingerprint density at radius 1 is 1.00 bits per heavy atom. The third-order valence-electron chi connectivity index (χ3n) is 3.74. The molecule has 8 nitrogen and oxygen atoms in total. The molecule has 0 aromatic heterocycles. The molecule has 0 radical (unpaired) electrons. The number of sulfonamides is 1. The summed E-state index contributed by atoms with van der Waals surface area (Å²) in [5, 5.41) is 2.54. The zero-order valence-electron chi connectivity index (χ0n) is 16.4. The fourth-order valence-corrected chi connectivity index (χ4v) is 3.36. The summed E-state index contributed by atoms with van der Waals surface area (Å²) in [6.45, 7) is 1.65. The Morgan fingerprint density at radius 2 is 1.67 bits per heavy atom. The van der Waals surface area contributed by atoms with E-state index in [1.165, 1.54) is 55.5 Å². The van der Waals surface area contributed by atoms with Crippen molar-refractivity contribution in [1.29, 1.82) is 0 Å². The Hall–Kier alpha value is -2.98. The Balaban J connectivity index is 1.64. The van der Waals surface area contributed by atoms with Crippen LogP contribution in [0.25, 0.3) is 0 Å². The number of amides is 1. The lowest BCUT2D eigenvalue weighted by Crippen LogP contribution is -2.27. The number of carbonyl (C=O) groups is 2. The van der Waals surface area contributed by atoms with Gasteiger partial charge in [-0.05, 0) is 48.5 Å². The molecule has 0 bridgehead atoms. The Kier molecular flexibility index (Phi) is 8.75. The van der Waals surface area contributed by atoms with Gasteiger partial charge < -0.3 is 14.8 Å². The molecule has 30 heavy (non-hydrogen) atoms. The summed E-state index contributed by atoms with van der Waals surface area (Å²) < 4.78 is 49.9. The van der Waals surface area contributed by atoms with Crippen LogP contribution in [0.3, 0.4) is 0 Å². The third kappa shape index (κ3) is 8.18. The van der Waals surface area contributed by atoms with E-state index in [9.17, 15) is 22.4 Å². The number of ether oxygens (including phenoxy) is 2. The molecular formula is C20H23FN2O6S. The number of anilines is 1. The summed E-state index contributed by atoms with van der Waals surface area (Å²) in [5.74, 6) is -0.638. The molecule has 0 aliphatic rings. The molecule has 0 aliphatic heterocycles. The molecule has 0 fully saturated rings. The summed E-state index contributed by atoms with van der Waals surface area (Å²) in [6.07, 6.45) is 0.317. The maximum Gasteiger partial charge on any atom is 0.307 e. The highest BCUT2D eigenvalue weighted by molar-refractivity contribution is 7.89. The number of rotatable bonds is 11. The van der Waals surface area contributed by atoms with Gasteiger partial charge in [0.1, 0.15) is 11.6 Å². The van der Waals surface area contributed by atoms with Crippen molar-refractivity contribution < 1.29 is 31.9 Å². The van der Waals surface area contributed by atoms with Crippen molar-refractivity contribution in [2.24, 2.45) is 0 Å². The van der Waals surface area contributed by atoms with Crippen LogP contribution in [-0.4, -0.2) is 40.1 Å². The topological polar surface area (TPSA) is 111 Å². The number of hydrogen-bond acceptors (Lipinski definition) is 6. The summed E-state index contributed by atoms with van der Waals surface area (Å²) in [4.78, 5) is 22.7. The Bertz CT molecular complexity index is 946. The third-order valence-corrected chi connectivity index (χ3v) is 5.22. The first-order chi connectivity index (χ1) is 14.3. The average Bonchev–Trinajstić information content (AvgIpc) is 2.69. The normalized spacial score (nSPS) is 11.0. The minimum absolute atomic E-state index is 0.0166. The molecule has 2 rings (SSSR count). The Morgan fingerprint density at radius 3 is 2.30 bits per heavy atom. The zero-order chi connectivity index (χ0) is 22.0. The maximum absolute atomic E-state index is 12.8. The van der Waals surface area contributed by atoms with Crippen molar-refractivity contribution in [3.63, 3.8) is 0 Å². The molecule has 0 heterocycles. The second-order valence-electron chi connectivity index (χ2n) is 6.23. The van der Waals surface area contributed by atoms with Gasteiger partial charge in [0.15, 0.2) is 0 Å². The fraction of sp³-hybridized carbons (Fsp3) is 0.300. The van der Waals surface area contributed by atoms with Crippen LogP contribution in [0.15, 0.2) is 53.4 Å². The monoisotopic (exact) mass is 438 g/mol. The molecule has 2 N–H and O–H groups in total. The molecule has 0 unspecified atom stereocenters. The van der Waals surface area contributed by atoms with E-state index in [1.807, 2.05) is 0 Å². The highest BCUT2D eigenvalue weighted by Gasteiger charge is 2.14. The van der Waals surface area contributed by atoms with Gasteiger partial charge in [-0.15, -0.1) is 0 Å².